The number of thiazole rings is 1. The topological polar surface area (TPSA) is 81.9 Å². The van der Waals surface area contributed by atoms with E-state index in [-0.39, 0.29) is 17.8 Å². The summed E-state index contributed by atoms with van der Waals surface area (Å²) in [5.41, 5.74) is 1.90. The first-order valence-electron chi connectivity index (χ1n) is 9.70. The Morgan fingerprint density at radius 3 is 2.97 bits per heavy atom. The molecular weight excluding hydrogens is 406 g/mol. The van der Waals surface area contributed by atoms with Crippen LogP contribution in [0.2, 0.25) is 0 Å². The number of carbonyl (C=O) groups is 1. The Labute approximate surface area is 177 Å². The van der Waals surface area contributed by atoms with Crippen molar-refractivity contribution in [1.29, 1.82) is 0 Å². The van der Waals surface area contributed by atoms with E-state index in [4.69, 9.17) is 4.74 Å². The third-order valence-electron chi connectivity index (χ3n) is 4.67. The van der Waals surface area contributed by atoms with E-state index < -0.39 is 0 Å². The van der Waals surface area contributed by atoms with E-state index in [0.717, 1.165) is 54.7 Å². The minimum atomic E-state index is -0.103. The second kappa shape index (κ2) is 9.51. The normalized spacial score (nSPS) is 16.2. The van der Waals surface area contributed by atoms with Gasteiger partial charge in [-0.05, 0) is 12.8 Å². The van der Waals surface area contributed by atoms with Gasteiger partial charge in [0.25, 0.3) is 0 Å². The van der Waals surface area contributed by atoms with Crippen LogP contribution in [-0.4, -0.2) is 44.1 Å². The van der Waals surface area contributed by atoms with Gasteiger partial charge in [-0.25, -0.2) is 4.98 Å². The minimum Gasteiger partial charge on any atom is -0.376 e. The Morgan fingerprint density at radius 2 is 2.21 bits per heavy atom. The first-order valence-corrected chi connectivity index (χ1v) is 11.6. The van der Waals surface area contributed by atoms with Gasteiger partial charge < -0.3 is 14.6 Å². The van der Waals surface area contributed by atoms with Crippen molar-refractivity contribution < 1.29 is 9.53 Å². The molecule has 3 aromatic rings. The molecule has 1 aliphatic rings. The summed E-state index contributed by atoms with van der Waals surface area (Å²) >= 11 is 2.82. The fourth-order valence-corrected chi connectivity index (χ4v) is 4.72. The van der Waals surface area contributed by atoms with Gasteiger partial charge in [-0.2, -0.15) is 0 Å². The van der Waals surface area contributed by atoms with Crippen molar-refractivity contribution in [3.63, 3.8) is 0 Å². The van der Waals surface area contributed by atoms with Gasteiger partial charge in [0.1, 0.15) is 5.82 Å². The second-order valence-corrected chi connectivity index (χ2v) is 8.54. The molecule has 0 bridgehead atoms. The molecule has 1 aromatic carbocycles. The molecule has 0 aliphatic carbocycles. The standard InChI is InChI=1S/C20H23N5O2S2/c1-2-17-23-24-20(25(17)11-15-9-6-10-27-15)29-13-18(26)22-19-21-16(12-28-19)14-7-4-3-5-8-14/h3-5,7-8,12,15H,2,6,9-11,13H2,1H3,(H,21,22,26). The third-order valence-corrected chi connectivity index (χ3v) is 6.40. The molecule has 1 atom stereocenters. The van der Waals surface area contributed by atoms with E-state index in [9.17, 15) is 4.79 Å². The average Bonchev–Trinajstić information content (AvgIpc) is 3.49. The smallest absolute Gasteiger partial charge is 0.236 e. The van der Waals surface area contributed by atoms with Crippen molar-refractivity contribution in [2.24, 2.45) is 0 Å². The lowest BCUT2D eigenvalue weighted by atomic mass is 10.2. The van der Waals surface area contributed by atoms with E-state index >= 15 is 0 Å². The van der Waals surface area contributed by atoms with Gasteiger partial charge in [0.05, 0.1) is 24.1 Å². The lowest BCUT2D eigenvalue weighted by Crippen LogP contribution is -2.19. The highest BCUT2D eigenvalue weighted by Gasteiger charge is 2.21. The van der Waals surface area contributed by atoms with Gasteiger partial charge in [-0.15, -0.1) is 21.5 Å². The highest BCUT2D eigenvalue weighted by molar-refractivity contribution is 7.99. The maximum absolute atomic E-state index is 12.4. The maximum Gasteiger partial charge on any atom is 0.236 e. The predicted molar refractivity (Wildman–Crippen MR) is 115 cm³/mol. The van der Waals surface area contributed by atoms with Crippen molar-refractivity contribution in [1.82, 2.24) is 19.7 Å². The predicted octanol–water partition coefficient (Wildman–Crippen LogP) is 3.87. The number of anilines is 1. The van der Waals surface area contributed by atoms with Crippen molar-refractivity contribution in [2.75, 3.05) is 17.7 Å². The van der Waals surface area contributed by atoms with Crippen molar-refractivity contribution in [2.45, 2.75) is 44.0 Å². The van der Waals surface area contributed by atoms with Gasteiger partial charge in [-0.1, -0.05) is 49.0 Å². The first-order chi connectivity index (χ1) is 14.2. The summed E-state index contributed by atoms with van der Waals surface area (Å²) < 4.78 is 7.84. The van der Waals surface area contributed by atoms with E-state index in [1.165, 1.54) is 23.1 Å². The third kappa shape index (κ3) is 5.04. The number of nitrogens with one attached hydrogen (secondary N) is 1. The molecule has 29 heavy (non-hydrogen) atoms. The summed E-state index contributed by atoms with van der Waals surface area (Å²) in [6.07, 6.45) is 3.15. The van der Waals surface area contributed by atoms with Gasteiger partial charge in [0.2, 0.25) is 5.91 Å². The Balaban J connectivity index is 1.35. The van der Waals surface area contributed by atoms with Gasteiger partial charge in [-0.3, -0.25) is 4.79 Å². The summed E-state index contributed by atoms with van der Waals surface area (Å²) in [6.45, 7) is 3.62. The summed E-state index contributed by atoms with van der Waals surface area (Å²) in [5.74, 6) is 1.08. The number of hydrogen-bond acceptors (Lipinski definition) is 7. The van der Waals surface area contributed by atoms with Gasteiger partial charge >= 0.3 is 0 Å². The number of aryl methyl sites for hydroxylation is 1. The van der Waals surface area contributed by atoms with Crippen molar-refractivity contribution >= 4 is 34.1 Å². The van der Waals surface area contributed by atoms with E-state index in [0.29, 0.717) is 5.13 Å². The van der Waals surface area contributed by atoms with Crippen LogP contribution in [0.5, 0.6) is 0 Å². The zero-order chi connectivity index (χ0) is 20.1. The van der Waals surface area contributed by atoms with Crippen LogP contribution in [0.4, 0.5) is 5.13 Å². The fraction of sp³-hybridized carbons (Fsp3) is 0.400. The number of rotatable bonds is 8. The number of benzene rings is 1. The average molecular weight is 430 g/mol. The molecule has 0 saturated carbocycles. The summed E-state index contributed by atoms with van der Waals surface area (Å²) in [6, 6.07) is 9.92. The molecule has 1 saturated heterocycles. The van der Waals surface area contributed by atoms with Gasteiger partial charge in [0.15, 0.2) is 10.3 Å². The number of ether oxygens (including phenoxy) is 1. The molecule has 0 radical (unpaired) electrons. The molecule has 152 valence electrons. The first kappa shape index (κ1) is 20.1. The maximum atomic E-state index is 12.4. The fourth-order valence-electron chi connectivity index (χ4n) is 3.22. The molecular formula is C20H23N5O2S2. The monoisotopic (exact) mass is 429 g/mol. The number of amides is 1. The Hall–Kier alpha value is -2.23. The quantitative estimate of drug-likeness (QED) is 0.548. The van der Waals surface area contributed by atoms with Crippen molar-refractivity contribution in [3.8, 4) is 11.3 Å². The van der Waals surface area contributed by atoms with Crippen LogP contribution in [-0.2, 0) is 22.5 Å². The minimum absolute atomic E-state index is 0.103. The molecule has 1 unspecified atom stereocenters. The zero-order valence-electron chi connectivity index (χ0n) is 16.2. The van der Waals surface area contributed by atoms with Crippen LogP contribution in [0.25, 0.3) is 11.3 Å². The lowest BCUT2D eigenvalue weighted by molar-refractivity contribution is -0.113. The summed E-state index contributed by atoms with van der Waals surface area (Å²) in [7, 11) is 0. The molecule has 1 aliphatic heterocycles. The SMILES string of the molecule is CCc1nnc(SCC(=O)Nc2nc(-c3ccccc3)cs2)n1CC1CCCO1. The molecule has 2 aromatic heterocycles. The Bertz CT molecular complexity index is 951. The van der Waals surface area contributed by atoms with Crippen LogP contribution in [0.15, 0.2) is 40.9 Å². The number of nitrogens with zero attached hydrogens (tertiary/aromatic N) is 4. The van der Waals surface area contributed by atoms with E-state index in [2.05, 4.69) is 32.0 Å². The number of thioether (sulfide) groups is 1. The second-order valence-electron chi connectivity index (χ2n) is 6.74. The molecule has 3 heterocycles. The van der Waals surface area contributed by atoms with Crippen molar-refractivity contribution in [3.05, 3.63) is 41.5 Å². The highest BCUT2D eigenvalue weighted by atomic mass is 32.2. The Morgan fingerprint density at radius 1 is 1.34 bits per heavy atom. The largest absolute Gasteiger partial charge is 0.376 e. The molecule has 4 rings (SSSR count). The Kier molecular flexibility index (Phi) is 6.58. The molecule has 1 N–H and O–H groups in total. The van der Waals surface area contributed by atoms with Crippen LogP contribution in [0.1, 0.15) is 25.6 Å². The highest BCUT2D eigenvalue weighted by Crippen LogP contribution is 2.25. The van der Waals surface area contributed by atoms with Crippen LogP contribution >= 0.6 is 23.1 Å². The molecule has 1 amide bonds. The number of aromatic nitrogens is 4. The van der Waals surface area contributed by atoms with Crippen LogP contribution < -0.4 is 5.32 Å². The van der Waals surface area contributed by atoms with Crippen LogP contribution in [0, 0.1) is 0 Å². The molecule has 7 nitrogen and oxygen atoms in total. The zero-order valence-corrected chi connectivity index (χ0v) is 17.8. The van der Waals surface area contributed by atoms with Gasteiger partial charge in [0, 0.05) is 24.0 Å². The molecule has 9 heteroatoms. The number of hydrogen-bond donors (Lipinski definition) is 1. The molecule has 0 spiro atoms. The van der Waals surface area contributed by atoms with Crippen LogP contribution in [0.3, 0.4) is 0 Å². The van der Waals surface area contributed by atoms with E-state index in [1.54, 1.807) is 0 Å². The number of carbonyl (C=O) groups excluding carboxylic acids is 1. The molecule has 1 fully saturated rings. The lowest BCUT2D eigenvalue weighted by Gasteiger charge is -2.14. The van der Waals surface area contributed by atoms with E-state index in [1.807, 2.05) is 35.7 Å². The summed E-state index contributed by atoms with van der Waals surface area (Å²) in [5, 5.41) is 14.7. The summed E-state index contributed by atoms with van der Waals surface area (Å²) in [4.78, 5) is 16.9.